The summed E-state index contributed by atoms with van der Waals surface area (Å²) < 4.78 is 3.06. The Bertz CT molecular complexity index is 73.4. The Labute approximate surface area is 95.6 Å². The van der Waals surface area contributed by atoms with Crippen LogP contribution < -0.4 is 69.3 Å². The number of rotatable bonds is 1. The van der Waals surface area contributed by atoms with Gasteiger partial charge in [0.05, 0.1) is 0 Å². The van der Waals surface area contributed by atoms with Crippen LogP contribution in [0.3, 0.4) is 0 Å². The van der Waals surface area contributed by atoms with Gasteiger partial charge in [-0.05, 0) is 6.48 Å². The molecule has 9 heavy (non-hydrogen) atoms. The first-order valence-corrected chi connectivity index (χ1v) is 1.34. The SMILES string of the molecule is O=C(O)OC([O-])[O-].[Na+].[Na+]. The van der Waals surface area contributed by atoms with E-state index >= 15 is 0 Å². The van der Waals surface area contributed by atoms with Crippen molar-refractivity contribution in [2.45, 2.75) is 6.48 Å². The molecule has 0 atom stereocenters. The molecule has 0 heterocycles. The van der Waals surface area contributed by atoms with Gasteiger partial charge in [0.15, 0.2) is 0 Å². The minimum atomic E-state index is -2.72. The van der Waals surface area contributed by atoms with Gasteiger partial charge in [0.2, 0.25) is 0 Å². The molecule has 0 aliphatic carbocycles. The zero-order valence-electron chi connectivity index (χ0n) is 5.16. The van der Waals surface area contributed by atoms with Crippen LogP contribution in [0.2, 0.25) is 0 Å². The van der Waals surface area contributed by atoms with Crippen LogP contribution in [-0.2, 0) is 4.74 Å². The molecule has 0 rings (SSSR count). The van der Waals surface area contributed by atoms with Crippen LogP contribution in [0.4, 0.5) is 4.79 Å². The van der Waals surface area contributed by atoms with Gasteiger partial charge in [-0.3, -0.25) is 0 Å². The molecule has 0 radical (unpaired) electrons. The Kier molecular flexibility index (Phi) is 17.0. The van der Waals surface area contributed by atoms with E-state index in [0.717, 1.165) is 0 Å². The third-order valence-electron chi connectivity index (χ3n) is 0.197. The summed E-state index contributed by atoms with van der Waals surface area (Å²) in [5.74, 6) is 0. The van der Waals surface area contributed by atoms with Gasteiger partial charge in [-0.25, -0.2) is 4.79 Å². The van der Waals surface area contributed by atoms with Crippen molar-refractivity contribution in [3.8, 4) is 0 Å². The van der Waals surface area contributed by atoms with E-state index < -0.39 is 12.6 Å². The first-order chi connectivity index (χ1) is 3.13. The summed E-state index contributed by atoms with van der Waals surface area (Å²) in [7, 11) is 0. The zero-order valence-corrected chi connectivity index (χ0v) is 9.16. The molecule has 7 heteroatoms. The first kappa shape index (κ1) is 16.6. The summed E-state index contributed by atoms with van der Waals surface area (Å²) in [6.45, 7) is -2.72. The maximum atomic E-state index is 9.19. The summed E-state index contributed by atoms with van der Waals surface area (Å²) in [5, 5.41) is 25.8. The van der Waals surface area contributed by atoms with Gasteiger partial charge in [0.25, 0.3) is 0 Å². The number of carbonyl (C=O) groups is 1. The monoisotopic (exact) mass is 152 g/mol. The van der Waals surface area contributed by atoms with Crippen molar-refractivity contribution >= 4 is 6.16 Å². The third-order valence-corrected chi connectivity index (χ3v) is 0.197. The van der Waals surface area contributed by atoms with Gasteiger partial charge in [-0.2, -0.15) is 0 Å². The first-order valence-electron chi connectivity index (χ1n) is 1.34. The van der Waals surface area contributed by atoms with E-state index in [9.17, 15) is 15.0 Å². The van der Waals surface area contributed by atoms with Crippen LogP contribution in [0.25, 0.3) is 0 Å². The molecule has 0 aromatic carbocycles. The summed E-state index contributed by atoms with van der Waals surface area (Å²) >= 11 is 0. The van der Waals surface area contributed by atoms with E-state index in [4.69, 9.17) is 5.11 Å². The number of hydrogen-bond donors (Lipinski definition) is 1. The van der Waals surface area contributed by atoms with Crippen molar-refractivity contribution in [2.75, 3.05) is 0 Å². The van der Waals surface area contributed by atoms with Crippen LogP contribution in [-0.4, -0.2) is 17.7 Å². The molecule has 0 saturated carbocycles. The van der Waals surface area contributed by atoms with E-state index in [1.54, 1.807) is 0 Å². The van der Waals surface area contributed by atoms with Crippen LogP contribution in [0.1, 0.15) is 0 Å². The van der Waals surface area contributed by atoms with Crippen LogP contribution in [0, 0.1) is 0 Å². The molecule has 0 saturated heterocycles. The second-order valence-corrected chi connectivity index (χ2v) is 0.672. The van der Waals surface area contributed by atoms with Crippen LogP contribution >= 0.6 is 0 Å². The number of ether oxygens (including phenoxy) is 1. The third kappa shape index (κ3) is 17.6. The topological polar surface area (TPSA) is 92.7 Å². The maximum Gasteiger partial charge on any atom is 1.00 e. The van der Waals surface area contributed by atoms with Crippen molar-refractivity contribution in [1.29, 1.82) is 0 Å². The zero-order chi connectivity index (χ0) is 5.86. The van der Waals surface area contributed by atoms with Gasteiger partial charge in [-0.15, -0.1) is 0 Å². The van der Waals surface area contributed by atoms with Crippen molar-refractivity contribution in [1.82, 2.24) is 0 Å². The van der Waals surface area contributed by atoms with E-state index in [0.29, 0.717) is 0 Å². The summed E-state index contributed by atoms with van der Waals surface area (Å²) in [5.41, 5.74) is 0. The molecule has 0 unspecified atom stereocenters. The van der Waals surface area contributed by atoms with Crippen molar-refractivity contribution < 1.29 is 84.0 Å². The predicted molar refractivity (Wildman–Crippen MR) is 12.9 cm³/mol. The Morgan fingerprint density at radius 3 is 1.78 bits per heavy atom. The average molecular weight is 152 g/mol. The minimum absolute atomic E-state index is 0. The molecule has 5 nitrogen and oxygen atoms in total. The summed E-state index contributed by atoms with van der Waals surface area (Å²) in [4.78, 5) is 9.19. The Balaban J connectivity index is -0.000000180. The molecule has 0 aliphatic heterocycles. The van der Waals surface area contributed by atoms with Gasteiger partial charge in [-0.1, -0.05) is 0 Å². The van der Waals surface area contributed by atoms with E-state index in [-0.39, 0.29) is 59.1 Å². The molecule has 0 spiro atoms. The molecule has 42 valence electrons. The van der Waals surface area contributed by atoms with Gasteiger partial charge < -0.3 is 20.1 Å². The molecular formula is C2H2Na2O5. The quantitative estimate of drug-likeness (QED) is 0.229. The molecule has 0 amide bonds. The van der Waals surface area contributed by atoms with Crippen LogP contribution in [0.15, 0.2) is 0 Å². The maximum absolute atomic E-state index is 9.19. The fourth-order valence-corrected chi connectivity index (χ4v) is 0.0823. The normalized spacial score (nSPS) is 7.00. The van der Waals surface area contributed by atoms with Crippen molar-refractivity contribution in [3.05, 3.63) is 0 Å². The van der Waals surface area contributed by atoms with Gasteiger partial charge in [0, 0.05) is 0 Å². The molecule has 0 bridgehead atoms. The fourth-order valence-electron chi connectivity index (χ4n) is 0.0823. The summed E-state index contributed by atoms with van der Waals surface area (Å²) in [6.07, 6.45) is -1.84. The fraction of sp³-hybridized carbons (Fsp3) is 0.500. The second kappa shape index (κ2) is 9.19. The average Bonchev–Trinajstić information content (AvgIpc) is 1.27. The molecule has 0 aliphatic rings. The van der Waals surface area contributed by atoms with Gasteiger partial charge >= 0.3 is 65.3 Å². The van der Waals surface area contributed by atoms with E-state index in [1.807, 2.05) is 0 Å². The van der Waals surface area contributed by atoms with Crippen molar-refractivity contribution in [3.63, 3.8) is 0 Å². The van der Waals surface area contributed by atoms with Gasteiger partial charge in [0.1, 0.15) is 0 Å². The molecule has 0 aromatic rings. The van der Waals surface area contributed by atoms with Crippen LogP contribution in [0.5, 0.6) is 0 Å². The second-order valence-electron chi connectivity index (χ2n) is 0.672. The molecule has 1 N–H and O–H groups in total. The van der Waals surface area contributed by atoms with Crippen molar-refractivity contribution in [2.24, 2.45) is 0 Å². The van der Waals surface area contributed by atoms with E-state index in [2.05, 4.69) is 4.74 Å². The molecule has 0 aromatic heterocycles. The summed E-state index contributed by atoms with van der Waals surface area (Å²) in [6, 6.07) is 0. The smallest absolute Gasteiger partial charge is 0.835 e. The number of hydrogen-bond acceptors (Lipinski definition) is 4. The Morgan fingerprint density at radius 1 is 1.44 bits per heavy atom. The predicted octanol–water partition coefficient (Wildman–Crippen LogP) is -8.31. The molecular weight excluding hydrogens is 150 g/mol. The van der Waals surface area contributed by atoms with E-state index in [1.165, 1.54) is 0 Å². The number of carboxylic acid groups (broad SMARTS) is 1. The largest absolute Gasteiger partial charge is 1.00 e. The Hall–Kier alpha value is 1.19. The Morgan fingerprint density at radius 2 is 1.78 bits per heavy atom. The molecule has 0 fully saturated rings. The standard InChI is InChI=1S/C2H2O5.2Na/c3-1(4)7-2(5)6;;/h1H,(H,5,6);;/q-2;2*+1. The minimum Gasteiger partial charge on any atom is -0.835 e.